The maximum atomic E-state index is 12.1. The summed E-state index contributed by atoms with van der Waals surface area (Å²) in [6, 6.07) is 0.393. The highest BCUT2D eigenvalue weighted by Gasteiger charge is 2.26. The summed E-state index contributed by atoms with van der Waals surface area (Å²) < 4.78 is 2.11. The van der Waals surface area contributed by atoms with E-state index in [-0.39, 0.29) is 11.2 Å². The number of carbonyl (C=O) groups excluding carboxylic acids is 1. The number of imidazole rings is 1. The first-order valence-corrected chi connectivity index (χ1v) is 7.30. The molecule has 0 saturated carbocycles. The predicted octanol–water partition coefficient (Wildman–Crippen LogP) is 1.80. The number of nitrogens with zero attached hydrogens (tertiary/aromatic N) is 3. The van der Waals surface area contributed by atoms with Crippen LogP contribution in [0.25, 0.3) is 0 Å². The highest BCUT2D eigenvalue weighted by Crippen LogP contribution is 2.23. The summed E-state index contributed by atoms with van der Waals surface area (Å²) in [4.78, 5) is 18.2. The van der Waals surface area contributed by atoms with Gasteiger partial charge >= 0.3 is 0 Å². The third-order valence-electron chi connectivity index (χ3n) is 3.36. The largest absolute Gasteiger partial charge is 0.340 e. The summed E-state index contributed by atoms with van der Waals surface area (Å²) >= 11 is 1.61. The van der Waals surface area contributed by atoms with Crippen LogP contribution in [0, 0.1) is 0 Å². The quantitative estimate of drug-likeness (QED) is 0.824. The molecule has 5 heteroatoms. The Kier molecular flexibility index (Phi) is 4.10. The molecular formula is C12H19N3OS. The van der Waals surface area contributed by atoms with E-state index in [1.807, 2.05) is 30.6 Å². The van der Waals surface area contributed by atoms with Gasteiger partial charge in [0.05, 0.1) is 17.6 Å². The fourth-order valence-corrected chi connectivity index (χ4v) is 2.59. The minimum Gasteiger partial charge on any atom is -0.340 e. The molecule has 1 aliphatic rings. The van der Waals surface area contributed by atoms with Gasteiger partial charge in [0.15, 0.2) is 0 Å². The lowest BCUT2D eigenvalue weighted by atomic mass is 10.1. The number of carbonyl (C=O) groups is 1. The summed E-state index contributed by atoms with van der Waals surface area (Å²) in [5, 5.41) is 0.0662. The molecule has 2 rings (SSSR count). The van der Waals surface area contributed by atoms with Gasteiger partial charge in [-0.25, -0.2) is 4.98 Å². The Balaban J connectivity index is 2.00. The number of hydrogen-bond acceptors (Lipinski definition) is 3. The van der Waals surface area contributed by atoms with Crippen LogP contribution in [0.2, 0.25) is 0 Å². The summed E-state index contributed by atoms with van der Waals surface area (Å²) in [6.45, 7) is 3.70. The van der Waals surface area contributed by atoms with Crippen LogP contribution in [0.15, 0.2) is 18.7 Å². The minimum absolute atomic E-state index is 0.0662. The van der Waals surface area contributed by atoms with Crippen molar-refractivity contribution in [2.45, 2.75) is 31.1 Å². The highest BCUT2D eigenvalue weighted by molar-refractivity contribution is 7.99. The van der Waals surface area contributed by atoms with Crippen molar-refractivity contribution in [3.8, 4) is 0 Å². The van der Waals surface area contributed by atoms with Gasteiger partial charge in [-0.1, -0.05) is 0 Å². The molecule has 0 unspecified atom stereocenters. The molecule has 94 valence electrons. The summed E-state index contributed by atoms with van der Waals surface area (Å²) in [6.07, 6.45) is 9.82. The van der Waals surface area contributed by atoms with Crippen LogP contribution in [0.5, 0.6) is 0 Å². The minimum atomic E-state index is 0.0662. The van der Waals surface area contributed by atoms with Crippen molar-refractivity contribution in [3.63, 3.8) is 0 Å². The standard InChI is InChI=1S/C12H19N3OS/c1-10(17-2)12(16)14-6-3-4-11(8-14)15-7-5-13-9-15/h5,7,9-11H,3-4,6,8H2,1-2H3/t10-,11-/m1/s1. The lowest BCUT2D eigenvalue weighted by Crippen LogP contribution is -2.43. The zero-order valence-electron chi connectivity index (χ0n) is 10.4. The van der Waals surface area contributed by atoms with Crippen LogP contribution >= 0.6 is 11.8 Å². The second-order valence-corrected chi connectivity index (χ2v) is 5.65. The lowest BCUT2D eigenvalue weighted by Gasteiger charge is -2.34. The Morgan fingerprint density at radius 3 is 3.06 bits per heavy atom. The molecular weight excluding hydrogens is 234 g/mol. The van der Waals surface area contributed by atoms with Gasteiger partial charge in [0, 0.05) is 25.5 Å². The molecule has 1 amide bonds. The van der Waals surface area contributed by atoms with Gasteiger partial charge in [0.1, 0.15) is 0 Å². The van der Waals surface area contributed by atoms with E-state index in [2.05, 4.69) is 9.55 Å². The average molecular weight is 253 g/mol. The molecule has 0 aliphatic carbocycles. The second kappa shape index (κ2) is 5.58. The van der Waals surface area contributed by atoms with E-state index in [0.717, 1.165) is 25.9 Å². The summed E-state index contributed by atoms with van der Waals surface area (Å²) in [5.74, 6) is 0.266. The third kappa shape index (κ3) is 2.83. The molecule has 1 fully saturated rings. The smallest absolute Gasteiger partial charge is 0.235 e. The number of aromatic nitrogens is 2. The Morgan fingerprint density at radius 1 is 1.59 bits per heavy atom. The van der Waals surface area contributed by atoms with Crippen molar-refractivity contribution in [2.24, 2.45) is 0 Å². The monoisotopic (exact) mass is 253 g/mol. The highest BCUT2D eigenvalue weighted by atomic mass is 32.2. The molecule has 1 saturated heterocycles. The maximum absolute atomic E-state index is 12.1. The molecule has 1 aliphatic heterocycles. The molecule has 2 heterocycles. The number of piperidine rings is 1. The van der Waals surface area contributed by atoms with Crippen molar-refractivity contribution in [1.82, 2.24) is 14.5 Å². The van der Waals surface area contributed by atoms with Gasteiger partial charge < -0.3 is 9.47 Å². The Hall–Kier alpha value is -0.970. The van der Waals surface area contributed by atoms with E-state index in [0.29, 0.717) is 6.04 Å². The number of likely N-dealkylation sites (tertiary alicyclic amines) is 1. The molecule has 1 aromatic heterocycles. The van der Waals surface area contributed by atoms with Crippen LogP contribution in [0.1, 0.15) is 25.8 Å². The molecule has 4 nitrogen and oxygen atoms in total. The van der Waals surface area contributed by atoms with Gasteiger partial charge in [0.25, 0.3) is 0 Å². The van der Waals surface area contributed by atoms with Crippen molar-refractivity contribution in [3.05, 3.63) is 18.7 Å². The fraction of sp³-hybridized carbons (Fsp3) is 0.667. The lowest BCUT2D eigenvalue weighted by molar-refractivity contribution is -0.131. The number of rotatable bonds is 3. The molecule has 0 aromatic carbocycles. The van der Waals surface area contributed by atoms with Crippen LogP contribution in [-0.4, -0.2) is 45.0 Å². The zero-order chi connectivity index (χ0) is 12.3. The van der Waals surface area contributed by atoms with Crippen LogP contribution in [0.4, 0.5) is 0 Å². The summed E-state index contributed by atoms with van der Waals surface area (Å²) in [5.41, 5.74) is 0. The van der Waals surface area contributed by atoms with Crippen molar-refractivity contribution < 1.29 is 4.79 Å². The molecule has 0 radical (unpaired) electrons. The van der Waals surface area contributed by atoms with Crippen LogP contribution in [0.3, 0.4) is 0 Å². The predicted molar refractivity (Wildman–Crippen MR) is 70.1 cm³/mol. The SMILES string of the molecule is CS[C@H](C)C(=O)N1CCC[C@@H](n2ccnc2)C1. The van der Waals surface area contributed by atoms with E-state index in [1.54, 1.807) is 18.0 Å². The average Bonchev–Trinajstić information content (AvgIpc) is 2.91. The van der Waals surface area contributed by atoms with E-state index < -0.39 is 0 Å². The first-order valence-electron chi connectivity index (χ1n) is 6.01. The number of thioether (sulfide) groups is 1. The number of hydrogen-bond donors (Lipinski definition) is 0. The number of amides is 1. The maximum Gasteiger partial charge on any atom is 0.235 e. The zero-order valence-corrected chi connectivity index (χ0v) is 11.2. The molecule has 17 heavy (non-hydrogen) atoms. The van der Waals surface area contributed by atoms with Gasteiger partial charge in [-0.05, 0) is 26.0 Å². The van der Waals surface area contributed by atoms with Gasteiger partial charge in [-0.3, -0.25) is 4.79 Å². The van der Waals surface area contributed by atoms with Crippen molar-refractivity contribution >= 4 is 17.7 Å². The fourth-order valence-electron chi connectivity index (χ4n) is 2.24. The normalized spacial score (nSPS) is 22.5. The van der Waals surface area contributed by atoms with Crippen LogP contribution < -0.4 is 0 Å². The Bertz CT molecular complexity index is 366. The van der Waals surface area contributed by atoms with Gasteiger partial charge in [-0.2, -0.15) is 11.8 Å². The first-order chi connectivity index (χ1) is 8.22. The van der Waals surface area contributed by atoms with Gasteiger partial charge in [-0.15, -0.1) is 0 Å². The van der Waals surface area contributed by atoms with Gasteiger partial charge in [0.2, 0.25) is 5.91 Å². The molecule has 2 atom stereocenters. The second-order valence-electron chi connectivity index (χ2n) is 4.47. The van der Waals surface area contributed by atoms with Crippen molar-refractivity contribution in [1.29, 1.82) is 0 Å². The molecule has 0 N–H and O–H groups in total. The topological polar surface area (TPSA) is 38.1 Å². The Morgan fingerprint density at radius 2 is 2.41 bits per heavy atom. The van der Waals surface area contributed by atoms with Crippen LogP contribution in [-0.2, 0) is 4.79 Å². The van der Waals surface area contributed by atoms with Crippen molar-refractivity contribution in [2.75, 3.05) is 19.3 Å². The van der Waals surface area contributed by atoms with E-state index in [1.165, 1.54) is 0 Å². The molecule has 1 aromatic rings. The summed E-state index contributed by atoms with van der Waals surface area (Å²) in [7, 11) is 0. The molecule has 0 spiro atoms. The molecule has 0 bridgehead atoms. The van der Waals surface area contributed by atoms with E-state index >= 15 is 0 Å². The van der Waals surface area contributed by atoms with E-state index in [9.17, 15) is 4.79 Å². The van der Waals surface area contributed by atoms with E-state index in [4.69, 9.17) is 0 Å². The Labute approximate surface area is 106 Å². The first kappa shape index (κ1) is 12.5. The third-order valence-corrected chi connectivity index (χ3v) is 4.26.